The lowest BCUT2D eigenvalue weighted by atomic mass is 10.2. The van der Waals surface area contributed by atoms with Gasteiger partial charge in [0.2, 0.25) is 11.5 Å². The molecule has 4 aromatic carbocycles. The molecule has 4 aromatic rings. The Bertz CT molecular complexity index is 1500. The molecule has 0 unspecified atom stereocenters. The third-order valence-corrected chi connectivity index (χ3v) is 5.32. The predicted molar refractivity (Wildman–Crippen MR) is 129 cm³/mol. The van der Waals surface area contributed by atoms with Gasteiger partial charge in [-0.1, -0.05) is 24.3 Å². The van der Waals surface area contributed by atoms with Crippen molar-refractivity contribution in [1.82, 2.24) is 0 Å². The van der Waals surface area contributed by atoms with Gasteiger partial charge in [-0.05, 0) is 48.5 Å². The van der Waals surface area contributed by atoms with Crippen molar-refractivity contribution < 1.29 is 50.4 Å². The zero-order chi connectivity index (χ0) is 29.9. The summed E-state index contributed by atoms with van der Waals surface area (Å²) in [7, 11) is 0. The highest BCUT2D eigenvalue weighted by Crippen LogP contribution is 2.44. The van der Waals surface area contributed by atoms with Gasteiger partial charge in [0.05, 0.1) is 21.0 Å². The summed E-state index contributed by atoms with van der Waals surface area (Å²) in [6.45, 7) is 0. The quantitative estimate of drug-likeness (QED) is 0.116. The highest BCUT2D eigenvalue weighted by Gasteiger charge is 2.35. The lowest BCUT2D eigenvalue weighted by Crippen LogP contribution is -2.06. The average molecular weight is 580 g/mol. The monoisotopic (exact) mass is 580 g/mol. The first kappa shape index (κ1) is 28.7. The maximum absolute atomic E-state index is 13.0. The molecular formula is C26H14F6N2O7. The van der Waals surface area contributed by atoms with Crippen molar-refractivity contribution in [3.8, 4) is 34.5 Å². The van der Waals surface area contributed by atoms with Crippen LogP contribution in [0.5, 0.6) is 34.5 Å². The van der Waals surface area contributed by atoms with Gasteiger partial charge in [-0.3, -0.25) is 20.2 Å². The largest absolute Gasteiger partial charge is 0.450 e. The minimum Gasteiger partial charge on any atom is -0.450 e. The molecule has 0 atom stereocenters. The standard InChI is InChI=1S/C26H14F6N2O7/c27-25(28,29)15-9-11-19(17(13-15)33(35)36)39-21-5-1-3-7-23(21)41-24-8-4-2-6-22(24)40-20-12-10-16(26(30,31)32)14-18(20)34(37)38/h1-14H. The van der Waals surface area contributed by atoms with Crippen LogP contribution in [0.3, 0.4) is 0 Å². The average Bonchev–Trinajstić information content (AvgIpc) is 2.89. The first-order chi connectivity index (χ1) is 19.2. The van der Waals surface area contributed by atoms with Crippen LogP contribution in [-0.4, -0.2) is 9.85 Å². The van der Waals surface area contributed by atoms with Crippen molar-refractivity contribution in [2.45, 2.75) is 12.4 Å². The molecule has 0 aromatic heterocycles. The molecule has 0 amide bonds. The number of para-hydroxylation sites is 4. The van der Waals surface area contributed by atoms with E-state index in [1.165, 1.54) is 48.5 Å². The van der Waals surface area contributed by atoms with E-state index in [1.54, 1.807) is 0 Å². The smallest absolute Gasteiger partial charge is 0.416 e. The number of hydrogen-bond acceptors (Lipinski definition) is 7. The zero-order valence-electron chi connectivity index (χ0n) is 20.1. The molecule has 9 nitrogen and oxygen atoms in total. The van der Waals surface area contributed by atoms with Gasteiger partial charge in [-0.2, -0.15) is 26.3 Å². The first-order valence-electron chi connectivity index (χ1n) is 11.2. The van der Waals surface area contributed by atoms with E-state index in [0.717, 1.165) is 12.1 Å². The lowest BCUT2D eigenvalue weighted by Gasteiger charge is -2.16. The van der Waals surface area contributed by atoms with Gasteiger partial charge in [0, 0.05) is 12.1 Å². The highest BCUT2D eigenvalue weighted by atomic mass is 19.4. The molecule has 0 heterocycles. The molecule has 0 bridgehead atoms. The normalized spacial score (nSPS) is 11.6. The van der Waals surface area contributed by atoms with Crippen molar-refractivity contribution in [1.29, 1.82) is 0 Å². The number of hydrogen-bond donors (Lipinski definition) is 0. The number of benzene rings is 4. The molecule has 15 heteroatoms. The van der Waals surface area contributed by atoms with Crippen LogP contribution < -0.4 is 14.2 Å². The Hall–Kier alpha value is -5.34. The number of rotatable bonds is 8. The number of halogens is 6. The lowest BCUT2D eigenvalue weighted by molar-refractivity contribution is -0.386. The van der Waals surface area contributed by atoms with Crippen LogP contribution in [0.4, 0.5) is 37.7 Å². The van der Waals surface area contributed by atoms with E-state index in [2.05, 4.69) is 0 Å². The fourth-order valence-electron chi connectivity index (χ4n) is 3.44. The van der Waals surface area contributed by atoms with Gasteiger partial charge >= 0.3 is 23.7 Å². The Morgan fingerprint density at radius 1 is 0.488 bits per heavy atom. The third kappa shape index (κ3) is 6.63. The Labute approximate surface area is 225 Å². The molecule has 0 N–H and O–H groups in total. The van der Waals surface area contributed by atoms with Crippen LogP contribution in [0.2, 0.25) is 0 Å². The van der Waals surface area contributed by atoms with Gasteiger partial charge in [-0.15, -0.1) is 0 Å². The van der Waals surface area contributed by atoms with Crippen molar-refractivity contribution >= 4 is 11.4 Å². The molecule has 212 valence electrons. The van der Waals surface area contributed by atoms with Crippen molar-refractivity contribution in [3.63, 3.8) is 0 Å². The fraction of sp³-hybridized carbons (Fsp3) is 0.0769. The minimum atomic E-state index is -4.84. The van der Waals surface area contributed by atoms with Gasteiger partial charge in [0.15, 0.2) is 23.0 Å². The van der Waals surface area contributed by atoms with E-state index < -0.39 is 56.2 Å². The summed E-state index contributed by atoms with van der Waals surface area (Å²) >= 11 is 0. The molecule has 0 radical (unpaired) electrons. The Morgan fingerprint density at radius 2 is 0.780 bits per heavy atom. The number of nitrogens with zero attached hydrogens (tertiary/aromatic N) is 2. The van der Waals surface area contributed by atoms with Crippen molar-refractivity contribution in [3.05, 3.63) is 116 Å². The first-order valence-corrected chi connectivity index (χ1v) is 11.2. The molecular weight excluding hydrogens is 566 g/mol. The molecule has 0 aliphatic rings. The number of ether oxygens (including phenoxy) is 3. The number of nitro benzene ring substituents is 2. The Kier molecular flexibility index (Phi) is 7.71. The van der Waals surface area contributed by atoms with Crippen LogP contribution in [-0.2, 0) is 12.4 Å². The van der Waals surface area contributed by atoms with Crippen molar-refractivity contribution in [2.75, 3.05) is 0 Å². The maximum Gasteiger partial charge on any atom is 0.416 e. The van der Waals surface area contributed by atoms with E-state index in [9.17, 15) is 46.6 Å². The molecule has 0 aliphatic carbocycles. The summed E-state index contributed by atoms with van der Waals surface area (Å²) in [4.78, 5) is 20.8. The van der Waals surface area contributed by atoms with Crippen LogP contribution in [0.15, 0.2) is 84.9 Å². The molecule has 0 saturated carbocycles. The zero-order valence-corrected chi connectivity index (χ0v) is 20.1. The fourth-order valence-corrected chi connectivity index (χ4v) is 3.44. The SMILES string of the molecule is O=[N+]([O-])c1cc(C(F)(F)F)ccc1Oc1ccccc1Oc1ccccc1Oc1ccc(C(F)(F)F)cc1[N+](=O)[O-]. The van der Waals surface area contributed by atoms with Gasteiger partial charge < -0.3 is 14.2 Å². The summed E-state index contributed by atoms with van der Waals surface area (Å²) < 4.78 is 95.1. The summed E-state index contributed by atoms with van der Waals surface area (Å²) in [6.07, 6.45) is -9.67. The van der Waals surface area contributed by atoms with E-state index >= 15 is 0 Å². The second kappa shape index (κ2) is 11.0. The molecule has 0 aliphatic heterocycles. The van der Waals surface area contributed by atoms with E-state index in [-0.39, 0.29) is 23.0 Å². The minimum absolute atomic E-state index is 0.0975. The second-order valence-corrected chi connectivity index (χ2v) is 8.07. The van der Waals surface area contributed by atoms with Gasteiger partial charge in [-0.25, -0.2) is 0 Å². The Morgan fingerprint density at radius 3 is 1.05 bits per heavy atom. The van der Waals surface area contributed by atoms with E-state index in [1.807, 2.05) is 0 Å². The summed E-state index contributed by atoms with van der Waals surface area (Å²) in [6, 6.07) is 14.6. The molecule has 41 heavy (non-hydrogen) atoms. The van der Waals surface area contributed by atoms with Crippen molar-refractivity contribution in [2.24, 2.45) is 0 Å². The topological polar surface area (TPSA) is 114 Å². The molecule has 0 fully saturated rings. The number of nitro groups is 2. The molecule has 0 saturated heterocycles. The van der Waals surface area contributed by atoms with Crippen LogP contribution in [0, 0.1) is 20.2 Å². The second-order valence-electron chi connectivity index (χ2n) is 8.07. The Balaban J connectivity index is 1.67. The summed E-state index contributed by atoms with van der Waals surface area (Å²) in [5.74, 6) is -1.57. The maximum atomic E-state index is 13.0. The van der Waals surface area contributed by atoms with Gasteiger partial charge in [0.1, 0.15) is 0 Å². The van der Waals surface area contributed by atoms with Crippen LogP contribution in [0.1, 0.15) is 11.1 Å². The predicted octanol–water partition coefficient (Wildman–Crippen LogP) is 8.92. The number of alkyl halides is 6. The summed E-state index contributed by atoms with van der Waals surface area (Å²) in [5.41, 5.74) is -4.45. The van der Waals surface area contributed by atoms with E-state index in [4.69, 9.17) is 14.2 Å². The van der Waals surface area contributed by atoms with Crippen LogP contribution in [0.25, 0.3) is 0 Å². The van der Waals surface area contributed by atoms with Crippen LogP contribution >= 0.6 is 0 Å². The van der Waals surface area contributed by atoms with E-state index in [0.29, 0.717) is 24.3 Å². The molecule has 0 spiro atoms. The highest BCUT2D eigenvalue weighted by molar-refractivity contribution is 5.56. The third-order valence-electron chi connectivity index (χ3n) is 5.32. The van der Waals surface area contributed by atoms with Gasteiger partial charge in [0.25, 0.3) is 0 Å². The molecule has 4 rings (SSSR count). The summed E-state index contributed by atoms with van der Waals surface area (Å²) in [5, 5.41) is 22.9.